The Bertz CT molecular complexity index is 1040. The first-order valence-electron chi connectivity index (χ1n) is 9.81. The molecule has 2 aromatic carbocycles. The Morgan fingerprint density at radius 1 is 1.16 bits per heavy atom. The van der Waals surface area contributed by atoms with Crippen LogP contribution in [0.2, 0.25) is 0 Å². The van der Waals surface area contributed by atoms with E-state index in [-0.39, 0.29) is 18.2 Å². The second-order valence-corrected chi connectivity index (χ2v) is 8.36. The zero-order chi connectivity index (χ0) is 22.4. The van der Waals surface area contributed by atoms with E-state index in [2.05, 4.69) is 0 Å². The van der Waals surface area contributed by atoms with Crippen LogP contribution in [-0.2, 0) is 11.4 Å². The van der Waals surface area contributed by atoms with Crippen molar-refractivity contribution >= 4 is 46.0 Å². The normalized spacial score (nSPS) is 14.9. The third-order valence-corrected chi connectivity index (χ3v) is 5.78. The minimum Gasteiger partial charge on any atom is -0.490 e. The van der Waals surface area contributed by atoms with E-state index in [4.69, 9.17) is 21.7 Å². The molecular weight excluding hydrogens is 436 g/mol. The lowest BCUT2D eigenvalue weighted by atomic mass is 10.1. The van der Waals surface area contributed by atoms with Crippen molar-refractivity contribution < 1.29 is 19.2 Å². The Hall–Kier alpha value is -2.91. The third kappa shape index (κ3) is 5.62. The van der Waals surface area contributed by atoms with Gasteiger partial charge in [0.1, 0.15) is 10.9 Å². The molecule has 1 aliphatic heterocycles. The summed E-state index contributed by atoms with van der Waals surface area (Å²) in [6.07, 6.45) is 2.63. The van der Waals surface area contributed by atoms with Crippen LogP contribution in [0.1, 0.15) is 31.4 Å². The Balaban J connectivity index is 1.78. The van der Waals surface area contributed by atoms with Gasteiger partial charge in [-0.1, -0.05) is 49.1 Å². The van der Waals surface area contributed by atoms with E-state index in [1.54, 1.807) is 35.2 Å². The minimum atomic E-state index is -0.437. The maximum absolute atomic E-state index is 12.6. The first kappa shape index (κ1) is 22.8. The number of non-ortho nitro benzene ring substituents is 1. The Morgan fingerprint density at radius 2 is 1.97 bits per heavy atom. The van der Waals surface area contributed by atoms with Gasteiger partial charge >= 0.3 is 0 Å². The molecule has 3 rings (SSSR count). The van der Waals surface area contributed by atoms with Gasteiger partial charge in [-0.2, -0.15) is 0 Å². The van der Waals surface area contributed by atoms with Crippen LogP contribution in [0.4, 0.5) is 5.69 Å². The molecule has 1 heterocycles. The van der Waals surface area contributed by atoms with Crippen LogP contribution in [0.3, 0.4) is 0 Å². The summed E-state index contributed by atoms with van der Waals surface area (Å²) in [5.74, 6) is 0.968. The zero-order valence-electron chi connectivity index (χ0n) is 17.2. The number of hydrogen-bond donors (Lipinski definition) is 0. The van der Waals surface area contributed by atoms with E-state index in [0.717, 1.165) is 12.0 Å². The summed E-state index contributed by atoms with van der Waals surface area (Å²) >= 11 is 6.60. The molecule has 0 N–H and O–H groups in total. The van der Waals surface area contributed by atoms with Crippen molar-refractivity contribution in [3.63, 3.8) is 0 Å². The smallest absolute Gasteiger partial charge is 0.269 e. The van der Waals surface area contributed by atoms with Gasteiger partial charge in [0.05, 0.1) is 16.4 Å². The summed E-state index contributed by atoms with van der Waals surface area (Å²) in [4.78, 5) is 25.3. The van der Waals surface area contributed by atoms with Crippen LogP contribution in [0.5, 0.6) is 11.5 Å². The highest BCUT2D eigenvalue weighted by atomic mass is 32.2. The molecule has 0 spiro atoms. The number of rotatable bonds is 9. The fraction of sp³-hybridized carbons (Fsp3) is 0.273. The predicted octanol–water partition coefficient (Wildman–Crippen LogP) is 5.18. The van der Waals surface area contributed by atoms with Crippen molar-refractivity contribution in [1.29, 1.82) is 0 Å². The lowest BCUT2D eigenvalue weighted by Crippen LogP contribution is -2.28. The van der Waals surface area contributed by atoms with Crippen molar-refractivity contribution in [2.45, 2.75) is 26.9 Å². The number of benzene rings is 2. The topological polar surface area (TPSA) is 81.9 Å². The van der Waals surface area contributed by atoms with Gasteiger partial charge in [-0.05, 0) is 42.7 Å². The maximum Gasteiger partial charge on any atom is 0.269 e. The van der Waals surface area contributed by atoms with Crippen LogP contribution >= 0.6 is 24.0 Å². The number of carbonyl (C=O) groups is 1. The van der Waals surface area contributed by atoms with Gasteiger partial charge in [-0.25, -0.2) is 0 Å². The van der Waals surface area contributed by atoms with Gasteiger partial charge in [-0.3, -0.25) is 19.8 Å². The van der Waals surface area contributed by atoms with E-state index in [0.29, 0.717) is 39.4 Å². The highest BCUT2D eigenvalue weighted by Crippen LogP contribution is 2.35. The molecule has 1 saturated heterocycles. The van der Waals surface area contributed by atoms with Gasteiger partial charge < -0.3 is 9.47 Å². The summed E-state index contributed by atoms with van der Waals surface area (Å²) in [6.45, 7) is 5.08. The number of amides is 1. The number of nitro groups is 1. The summed E-state index contributed by atoms with van der Waals surface area (Å²) in [5, 5.41) is 10.9. The summed E-state index contributed by atoms with van der Waals surface area (Å²) < 4.78 is 12.1. The molecule has 0 aromatic heterocycles. The van der Waals surface area contributed by atoms with Crippen molar-refractivity contribution in [2.75, 3.05) is 13.2 Å². The monoisotopic (exact) mass is 458 g/mol. The Morgan fingerprint density at radius 3 is 2.68 bits per heavy atom. The van der Waals surface area contributed by atoms with Gasteiger partial charge in [0.25, 0.3) is 11.6 Å². The molecule has 0 radical (unpaired) electrons. The zero-order valence-corrected chi connectivity index (χ0v) is 18.8. The first-order valence-corrected chi connectivity index (χ1v) is 11.0. The van der Waals surface area contributed by atoms with Crippen molar-refractivity contribution in [1.82, 2.24) is 4.90 Å². The minimum absolute atomic E-state index is 0.0156. The molecule has 0 bridgehead atoms. The Labute approximate surface area is 190 Å². The van der Waals surface area contributed by atoms with Gasteiger partial charge in [-0.15, -0.1) is 0 Å². The lowest BCUT2D eigenvalue weighted by Gasteiger charge is -2.13. The second kappa shape index (κ2) is 10.4. The summed E-state index contributed by atoms with van der Waals surface area (Å²) in [7, 11) is 0. The predicted molar refractivity (Wildman–Crippen MR) is 125 cm³/mol. The molecular formula is C22H22N2O5S2. The number of nitro benzene ring substituents is 1. The molecule has 1 amide bonds. The van der Waals surface area contributed by atoms with E-state index in [1.165, 1.54) is 23.9 Å². The highest BCUT2D eigenvalue weighted by Gasteiger charge is 2.31. The molecule has 7 nitrogen and oxygen atoms in total. The number of nitrogens with zero attached hydrogens (tertiary/aromatic N) is 2. The molecule has 0 aliphatic carbocycles. The van der Waals surface area contributed by atoms with Crippen molar-refractivity contribution in [3.8, 4) is 11.5 Å². The van der Waals surface area contributed by atoms with Gasteiger partial charge in [0.15, 0.2) is 11.5 Å². The summed E-state index contributed by atoms with van der Waals surface area (Å²) in [5.41, 5.74) is 1.49. The Kier molecular flexibility index (Phi) is 7.64. The number of ether oxygens (including phenoxy) is 2. The van der Waals surface area contributed by atoms with Crippen molar-refractivity contribution in [3.05, 3.63) is 68.6 Å². The van der Waals surface area contributed by atoms with Crippen LogP contribution in [0, 0.1) is 10.1 Å². The maximum atomic E-state index is 12.6. The standard InChI is InChI=1S/C22H22N2O5S2/c1-3-10-23-21(25)20(31-22(23)30)13-15-8-9-18(19(12-15)28-4-2)29-14-16-6-5-7-17(11-16)24(26)27/h5-9,11-13H,3-4,10,14H2,1-2H3/b20-13-. The largest absolute Gasteiger partial charge is 0.490 e. The second-order valence-electron chi connectivity index (χ2n) is 6.69. The molecule has 31 heavy (non-hydrogen) atoms. The molecule has 1 fully saturated rings. The lowest BCUT2D eigenvalue weighted by molar-refractivity contribution is -0.384. The number of carbonyl (C=O) groups excluding carboxylic acids is 1. The third-order valence-electron chi connectivity index (χ3n) is 4.40. The fourth-order valence-corrected chi connectivity index (χ4v) is 4.30. The fourth-order valence-electron chi connectivity index (χ4n) is 2.99. The van der Waals surface area contributed by atoms with Crippen LogP contribution in [0.25, 0.3) is 6.08 Å². The van der Waals surface area contributed by atoms with Gasteiger partial charge in [0.2, 0.25) is 0 Å². The average Bonchev–Trinajstić information content (AvgIpc) is 3.01. The quantitative estimate of drug-likeness (QED) is 0.221. The first-order chi connectivity index (χ1) is 14.9. The average molecular weight is 459 g/mol. The van der Waals surface area contributed by atoms with E-state index in [9.17, 15) is 14.9 Å². The molecule has 0 atom stereocenters. The van der Waals surface area contributed by atoms with E-state index < -0.39 is 4.92 Å². The molecule has 1 aliphatic rings. The van der Waals surface area contributed by atoms with Crippen LogP contribution < -0.4 is 9.47 Å². The number of thiocarbonyl (C=S) groups is 1. The SMILES string of the molecule is CCCN1C(=O)/C(=C/c2ccc(OCc3cccc([N+](=O)[O-])c3)c(OCC)c2)SC1=S. The van der Waals surface area contributed by atoms with Crippen LogP contribution in [-0.4, -0.2) is 33.2 Å². The molecule has 9 heteroatoms. The van der Waals surface area contributed by atoms with E-state index in [1.807, 2.05) is 19.9 Å². The molecule has 2 aromatic rings. The number of thioether (sulfide) groups is 1. The summed E-state index contributed by atoms with van der Waals surface area (Å²) in [6, 6.07) is 11.7. The van der Waals surface area contributed by atoms with Crippen LogP contribution in [0.15, 0.2) is 47.4 Å². The molecule has 162 valence electrons. The molecule has 0 unspecified atom stereocenters. The number of hydrogen-bond acceptors (Lipinski definition) is 7. The molecule has 0 saturated carbocycles. The highest BCUT2D eigenvalue weighted by molar-refractivity contribution is 8.26. The van der Waals surface area contributed by atoms with Gasteiger partial charge in [0, 0.05) is 18.7 Å². The van der Waals surface area contributed by atoms with E-state index >= 15 is 0 Å². The van der Waals surface area contributed by atoms with Crippen molar-refractivity contribution in [2.24, 2.45) is 0 Å².